The summed E-state index contributed by atoms with van der Waals surface area (Å²) in [6.07, 6.45) is 0.246. The van der Waals surface area contributed by atoms with Crippen LogP contribution in [0.15, 0.2) is 0 Å². The standard InChI is InChI=1S/C7H10BNO2.CH3.U/c1-3-7-6(9)4(8-3)2-5(10)11-7;;/h3-4,6-7,9H,2H2,1H3;1H3;/q2*-1;+2. The summed E-state index contributed by atoms with van der Waals surface area (Å²) < 4.78 is 5.04. The van der Waals surface area contributed by atoms with Crippen molar-refractivity contribution in [3.63, 3.8) is 0 Å². The van der Waals surface area contributed by atoms with E-state index in [9.17, 15) is 4.79 Å². The molecule has 0 aromatic carbocycles. The Kier molecular flexibility index (Phi) is 5.07. The van der Waals surface area contributed by atoms with Crippen LogP contribution in [0.5, 0.6) is 0 Å². The van der Waals surface area contributed by atoms with Crippen LogP contribution in [0.4, 0.5) is 0 Å². The molecule has 4 unspecified atom stereocenters. The molecular formula is C8H13BNO2U. The first-order valence-electron chi connectivity index (χ1n) is 3.94. The Hall–Kier alpha value is 0.547. The number of ether oxygens (including phenoxy) is 1. The van der Waals surface area contributed by atoms with Gasteiger partial charge >= 0.3 is 37.1 Å². The van der Waals surface area contributed by atoms with Gasteiger partial charge < -0.3 is 17.9 Å². The second-order valence-corrected chi connectivity index (χ2v) is 3.40. The third-order valence-electron chi connectivity index (χ3n) is 2.55. The van der Waals surface area contributed by atoms with Gasteiger partial charge in [-0.15, -0.1) is 6.04 Å². The molecule has 0 saturated carbocycles. The van der Waals surface area contributed by atoms with Crippen LogP contribution in [-0.2, 0) is 9.53 Å². The minimum absolute atomic E-state index is 0. The molecule has 2 fully saturated rings. The fourth-order valence-electron chi connectivity index (χ4n) is 1.96. The molecule has 0 aliphatic carbocycles. The molecule has 1 radical (unpaired) electrons. The Labute approximate surface area is 104 Å². The Morgan fingerprint density at radius 2 is 2.23 bits per heavy atom. The summed E-state index contributed by atoms with van der Waals surface area (Å²) in [4.78, 5) is 10.9. The minimum Gasteiger partial charge on any atom is -0.672 e. The summed E-state index contributed by atoms with van der Waals surface area (Å²) in [5.74, 6) is 0.286. The van der Waals surface area contributed by atoms with Crippen molar-refractivity contribution in [2.24, 2.45) is 0 Å². The average Bonchev–Trinajstić information content (AvgIpc) is 2.17. The van der Waals surface area contributed by atoms with Gasteiger partial charge in [-0.05, 0) is 5.82 Å². The number of hydrogen-bond donors (Lipinski definition) is 0. The van der Waals surface area contributed by atoms with Crippen LogP contribution in [0, 0.1) is 38.5 Å². The molecule has 5 heteroatoms. The summed E-state index contributed by atoms with van der Waals surface area (Å²) in [7, 11) is 2.08. The van der Waals surface area contributed by atoms with E-state index >= 15 is 0 Å². The van der Waals surface area contributed by atoms with E-state index in [2.05, 4.69) is 7.28 Å². The summed E-state index contributed by atoms with van der Waals surface area (Å²) in [6.45, 7) is 2.00. The number of carbonyl (C=O) groups is 1. The molecule has 2 aliphatic rings. The molecule has 0 aromatic heterocycles. The van der Waals surface area contributed by atoms with Gasteiger partial charge in [-0.3, -0.25) is 4.79 Å². The van der Waals surface area contributed by atoms with E-state index in [1.54, 1.807) is 0 Å². The van der Waals surface area contributed by atoms with Gasteiger partial charge in [0.15, 0.2) is 0 Å². The van der Waals surface area contributed by atoms with Crippen LogP contribution >= 0.6 is 0 Å². The molecule has 2 rings (SSSR count). The average molecular weight is 404 g/mol. The predicted molar refractivity (Wildman–Crippen MR) is 47.9 cm³/mol. The van der Waals surface area contributed by atoms with Gasteiger partial charge in [0, 0.05) is 6.42 Å². The van der Waals surface area contributed by atoms with Crippen molar-refractivity contribution in [3.8, 4) is 0 Å². The number of rotatable bonds is 0. The second-order valence-electron chi connectivity index (χ2n) is 3.40. The molecule has 0 amide bonds. The van der Waals surface area contributed by atoms with Gasteiger partial charge in [0.05, 0.1) is 6.10 Å². The second kappa shape index (κ2) is 4.86. The number of carbonyl (C=O) groups excluding carboxylic acids is 1. The fourth-order valence-corrected chi connectivity index (χ4v) is 1.96. The number of fused-ring (bicyclic) bond motifs is 2. The van der Waals surface area contributed by atoms with Crippen molar-refractivity contribution in [1.29, 1.82) is 0 Å². The monoisotopic (exact) mass is 404 g/mol. The smallest absolute Gasteiger partial charge is 0.672 e. The molecule has 1 N–H and O–H groups in total. The van der Waals surface area contributed by atoms with Crippen molar-refractivity contribution < 1.29 is 40.6 Å². The quantitative estimate of drug-likeness (QED) is 0.349. The summed E-state index contributed by atoms with van der Waals surface area (Å²) in [6, 6.07) is -0.206. The summed E-state index contributed by atoms with van der Waals surface area (Å²) in [5, 5.41) is 0. The van der Waals surface area contributed by atoms with Crippen LogP contribution in [0.3, 0.4) is 0 Å². The van der Waals surface area contributed by atoms with E-state index < -0.39 is 0 Å². The summed E-state index contributed by atoms with van der Waals surface area (Å²) in [5.41, 5.74) is 7.66. The van der Waals surface area contributed by atoms with E-state index in [0.29, 0.717) is 6.42 Å². The van der Waals surface area contributed by atoms with Crippen LogP contribution in [0.2, 0.25) is 11.6 Å². The molecule has 0 spiro atoms. The SMILES string of the molecule is CC1[B]C2CC(=O)OC1C2[NH-].[CH3-].[U+2]. The van der Waals surface area contributed by atoms with E-state index in [1.165, 1.54) is 0 Å². The Bertz CT molecular complexity index is 203. The van der Waals surface area contributed by atoms with Gasteiger partial charge in [-0.1, -0.05) is 12.7 Å². The molecular weight excluding hydrogens is 391 g/mol. The zero-order valence-corrected chi connectivity index (χ0v) is 12.1. The first kappa shape index (κ1) is 13.5. The van der Waals surface area contributed by atoms with Crippen molar-refractivity contribution in [2.45, 2.75) is 37.1 Å². The van der Waals surface area contributed by atoms with Gasteiger partial charge in [-0.2, -0.15) is 0 Å². The topological polar surface area (TPSA) is 50.1 Å². The Morgan fingerprint density at radius 1 is 1.62 bits per heavy atom. The van der Waals surface area contributed by atoms with Crippen LogP contribution in [0.1, 0.15) is 13.3 Å². The van der Waals surface area contributed by atoms with Gasteiger partial charge in [-0.25, -0.2) is 0 Å². The minimum atomic E-state index is -0.206. The van der Waals surface area contributed by atoms with E-state index in [1.807, 2.05) is 6.92 Å². The third-order valence-corrected chi connectivity index (χ3v) is 2.55. The molecule has 13 heavy (non-hydrogen) atoms. The Balaban J connectivity index is 0.000000720. The molecule has 2 saturated heterocycles. The molecule has 4 atom stereocenters. The van der Waals surface area contributed by atoms with E-state index in [0.717, 1.165) is 0 Å². The van der Waals surface area contributed by atoms with Crippen molar-refractivity contribution >= 4 is 13.2 Å². The molecule has 69 valence electrons. The molecule has 2 bridgehead atoms. The number of hydrogen-bond acceptors (Lipinski definition) is 2. The maximum Gasteiger partial charge on any atom is 2.00 e. The molecule has 2 heterocycles. The number of nitrogens with one attached hydrogen (secondary N) is 1. The normalized spacial score (nSPS) is 40.9. The first-order chi connectivity index (χ1) is 5.18. The van der Waals surface area contributed by atoms with E-state index in [-0.39, 0.29) is 68.3 Å². The maximum absolute atomic E-state index is 10.9. The number of esters is 1. The molecule has 0 aromatic rings. The van der Waals surface area contributed by atoms with Gasteiger partial charge in [0.1, 0.15) is 7.28 Å². The Morgan fingerprint density at radius 3 is 2.77 bits per heavy atom. The van der Waals surface area contributed by atoms with Crippen molar-refractivity contribution in [3.05, 3.63) is 13.2 Å². The third kappa shape index (κ3) is 2.32. The maximum atomic E-state index is 10.9. The van der Waals surface area contributed by atoms with Gasteiger partial charge in [0.25, 0.3) is 0 Å². The zero-order chi connectivity index (χ0) is 8.01. The van der Waals surface area contributed by atoms with Crippen molar-refractivity contribution in [2.75, 3.05) is 0 Å². The van der Waals surface area contributed by atoms with Crippen LogP contribution < -0.4 is 0 Å². The van der Waals surface area contributed by atoms with Crippen molar-refractivity contribution in [1.82, 2.24) is 0 Å². The molecule has 3 nitrogen and oxygen atoms in total. The first-order valence-corrected chi connectivity index (χ1v) is 3.94. The predicted octanol–water partition coefficient (Wildman–Crippen LogP) is 1.49. The molecule has 2 aliphatic heterocycles. The van der Waals surface area contributed by atoms with Crippen LogP contribution in [0.25, 0.3) is 5.73 Å². The fraction of sp³-hybridized carbons (Fsp3) is 0.750. The largest absolute Gasteiger partial charge is 2.00 e. The zero-order valence-electron chi connectivity index (χ0n) is 7.91. The summed E-state index contributed by atoms with van der Waals surface area (Å²) >= 11 is 0. The van der Waals surface area contributed by atoms with E-state index in [4.69, 9.17) is 10.5 Å². The van der Waals surface area contributed by atoms with Crippen LogP contribution in [-0.4, -0.2) is 25.4 Å². The van der Waals surface area contributed by atoms with Gasteiger partial charge in [0.2, 0.25) is 0 Å².